The third-order valence-electron chi connectivity index (χ3n) is 6.01. The van der Waals surface area contributed by atoms with Gasteiger partial charge in [-0.3, -0.25) is 19.3 Å². The number of pyridine rings is 2. The number of allylic oxidation sites excluding steroid dienone is 1. The van der Waals surface area contributed by atoms with E-state index in [1.165, 1.54) is 25.4 Å². The Morgan fingerprint density at radius 1 is 1.12 bits per heavy atom. The molecule has 3 N–H and O–H groups in total. The molecule has 206 valence electrons. The number of benzene rings is 1. The number of nitrogens with one attached hydrogen (secondary N) is 2. The Bertz CT molecular complexity index is 1490. The van der Waals surface area contributed by atoms with E-state index in [-0.39, 0.29) is 30.2 Å². The van der Waals surface area contributed by atoms with Gasteiger partial charge in [-0.2, -0.15) is 5.10 Å². The third kappa shape index (κ3) is 7.29. The van der Waals surface area contributed by atoms with Gasteiger partial charge in [-0.15, -0.1) is 6.58 Å². The standard InChI is InChI=1S/C29H30N6O5/c1-4-13-35-18-20(16-33-35)24-14-21(11-12-30-24)40-22-9-10-26(31-17-22)34-27(37)15-29(2,39-3)19-32-28(38)23-7-5-6-8-25(23)36/h4-12,14,16-18,36H,1,13,15,19H2,2-3H3,(H,32,38)(H,31,34,37). The van der Waals surface area contributed by atoms with Gasteiger partial charge in [0.15, 0.2) is 0 Å². The summed E-state index contributed by atoms with van der Waals surface area (Å²) in [5.41, 5.74) is 0.709. The normalized spacial score (nSPS) is 12.2. The lowest BCUT2D eigenvalue weighted by atomic mass is 10.0. The molecule has 3 aromatic heterocycles. The summed E-state index contributed by atoms with van der Waals surface area (Å²) in [6.45, 7) is 6.07. The monoisotopic (exact) mass is 542 g/mol. The quantitative estimate of drug-likeness (QED) is 0.226. The van der Waals surface area contributed by atoms with Gasteiger partial charge in [0.1, 0.15) is 23.1 Å². The van der Waals surface area contributed by atoms with Crippen LogP contribution in [0.2, 0.25) is 0 Å². The topological polar surface area (TPSA) is 140 Å². The first-order valence-electron chi connectivity index (χ1n) is 12.4. The van der Waals surface area contributed by atoms with Crippen LogP contribution in [-0.2, 0) is 16.1 Å². The molecule has 1 aromatic carbocycles. The minimum Gasteiger partial charge on any atom is -0.507 e. The predicted octanol–water partition coefficient (Wildman–Crippen LogP) is 4.19. The molecular weight excluding hydrogens is 512 g/mol. The molecule has 3 heterocycles. The summed E-state index contributed by atoms with van der Waals surface area (Å²) in [6.07, 6.45) is 8.47. The van der Waals surface area contributed by atoms with Gasteiger partial charge in [0.2, 0.25) is 5.91 Å². The first kappa shape index (κ1) is 28.0. The average molecular weight is 543 g/mol. The lowest BCUT2D eigenvalue weighted by molar-refractivity contribution is -0.121. The van der Waals surface area contributed by atoms with Crippen LogP contribution in [0.25, 0.3) is 11.3 Å². The number of rotatable bonds is 12. The summed E-state index contributed by atoms with van der Waals surface area (Å²) >= 11 is 0. The zero-order chi connectivity index (χ0) is 28.5. The van der Waals surface area contributed by atoms with Crippen molar-refractivity contribution in [2.45, 2.75) is 25.5 Å². The molecule has 0 bridgehead atoms. The molecular formula is C29H30N6O5. The summed E-state index contributed by atoms with van der Waals surface area (Å²) in [7, 11) is 1.46. The number of phenols is 1. The lowest BCUT2D eigenvalue weighted by Crippen LogP contribution is -2.44. The number of ether oxygens (including phenoxy) is 2. The molecule has 0 aliphatic heterocycles. The van der Waals surface area contributed by atoms with E-state index < -0.39 is 11.5 Å². The number of hydrogen-bond donors (Lipinski definition) is 3. The Kier molecular flexibility index (Phi) is 8.87. The Morgan fingerprint density at radius 3 is 2.67 bits per heavy atom. The second-order valence-electron chi connectivity index (χ2n) is 9.18. The number of carbonyl (C=O) groups excluding carboxylic acids is 2. The van der Waals surface area contributed by atoms with Gasteiger partial charge >= 0.3 is 0 Å². The van der Waals surface area contributed by atoms with E-state index in [9.17, 15) is 14.7 Å². The Hall–Kier alpha value is -5.03. The maximum absolute atomic E-state index is 12.7. The number of hydrogen-bond acceptors (Lipinski definition) is 8. The fourth-order valence-electron chi connectivity index (χ4n) is 3.77. The minimum atomic E-state index is -0.992. The highest BCUT2D eigenvalue weighted by molar-refractivity contribution is 5.97. The van der Waals surface area contributed by atoms with Gasteiger partial charge in [0.25, 0.3) is 5.91 Å². The summed E-state index contributed by atoms with van der Waals surface area (Å²) in [6, 6.07) is 13.1. The predicted molar refractivity (Wildman–Crippen MR) is 149 cm³/mol. The number of methoxy groups -OCH3 is 1. The van der Waals surface area contributed by atoms with Crippen molar-refractivity contribution < 1.29 is 24.2 Å². The van der Waals surface area contributed by atoms with Crippen molar-refractivity contribution in [1.82, 2.24) is 25.1 Å². The first-order valence-corrected chi connectivity index (χ1v) is 12.4. The zero-order valence-electron chi connectivity index (χ0n) is 22.2. The second-order valence-corrected chi connectivity index (χ2v) is 9.18. The molecule has 0 saturated carbocycles. The number of aromatic hydroxyl groups is 1. The second kappa shape index (κ2) is 12.7. The summed E-state index contributed by atoms with van der Waals surface area (Å²) < 4.78 is 13.2. The SMILES string of the molecule is C=CCn1cc(-c2cc(Oc3ccc(NC(=O)CC(C)(CNC(=O)c4ccccc4O)OC)nc3)ccn2)cn1. The number of aromatic nitrogens is 4. The number of para-hydroxylation sites is 1. The van der Waals surface area contributed by atoms with Crippen LogP contribution in [-0.4, -0.2) is 55.9 Å². The highest BCUT2D eigenvalue weighted by atomic mass is 16.5. The van der Waals surface area contributed by atoms with E-state index in [0.29, 0.717) is 29.6 Å². The number of amides is 2. The fraction of sp³-hybridized carbons (Fsp3) is 0.207. The molecule has 11 nitrogen and oxygen atoms in total. The van der Waals surface area contributed by atoms with Gasteiger partial charge in [-0.1, -0.05) is 18.2 Å². The van der Waals surface area contributed by atoms with Gasteiger partial charge in [-0.25, -0.2) is 4.98 Å². The number of carbonyl (C=O) groups is 2. The molecule has 4 aromatic rings. The molecule has 2 amide bonds. The third-order valence-corrected chi connectivity index (χ3v) is 6.01. The Labute approximate surface area is 231 Å². The molecule has 0 aliphatic rings. The fourth-order valence-corrected chi connectivity index (χ4v) is 3.77. The summed E-state index contributed by atoms with van der Waals surface area (Å²) in [5.74, 6) is 0.434. The molecule has 0 radical (unpaired) electrons. The molecule has 1 atom stereocenters. The number of nitrogens with zero attached hydrogens (tertiary/aromatic N) is 4. The Balaban J connectivity index is 1.32. The van der Waals surface area contributed by atoms with Crippen LogP contribution in [0.15, 0.2) is 86.0 Å². The highest BCUT2D eigenvalue weighted by Crippen LogP contribution is 2.26. The average Bonchev–Trinajstić information content (AvgIpc) is 3.42. The number of anilines is 1. The molecule has 1 unspecified atom stereocenters. The number of phenolic OH excluding ortho intramolecular Hbond substituents is 1. The van der Waals surface area contributed by atoms with Crippen molar-refractivity contribution in [1.29, 1.82) is 0 Å². The van der Waals surface area contributed by atoms with Gasteiger partial charge in [0.05, 0.1) is 42.2 Å². The van der Waals surface area contributed by atoms with Crippen LogP contribution in [0.4, 0.5) is 5.82 Å². The minimum absolute atomic E-state index is 0.0480. The maximum atomic E-state index is 12.7. The summed E-state index contributed by atoms with van der Waals surface area (Å²) in [4.78, 5) is 33.8. The van der Waals surface area contributed by atoms with E-state index in [2.05, 4.69) is 32.3 Å². The zero-order valence-corrected chi connectivity index (χ0v) is 22.2. The molecule has 4 rings (SSSR count). The molecule has 0 aliphatic carbocycles. The molecule has 11 heteroatoms. The molecule has 0 fully saturated rings. The highest BCUT2D eigenvalue weighted by Gasteiger charge is 2.28. The van der Waals surface area contributed by atoms with Crippen molar-refractivity contribution in [3.8, 4) is 28.5 Å². The van der Waals surface area contributed by atoms with Crippen LogP contribution in [0.3, 0.4) is 0 Å². The van der Waals surface area contributed by atoms with Crippen molar-refractivity contribution in [2.75, 3.05) is 19.0 Å². The van der Waals surface area contributed by atoms with Crippen molar-refractivity contribution in [2.24, 2.45) is 0 Å². The van der Waals surface area contributed by atoms with Crippen molar-refractivity contribution in [3.63, 3.8) is 0 Å². The smallest absolute Gasteiger partial charge is 0.255 e. The van der Waals surface area contributed by atoms with E-state index in [1.807, 2.05) is 6.20 Å². The molecule has 0 saturated heterocycles. The van der Waals surface area contributed by atoms with E-state index in [1.54, 1.807) is 66.5 Å². The largest absolute Gasteiger partial charge is 0.507 e. The van der Waals surface area contributed by atoms with Crippen LogP contribution in [0.1, 0.15) is 23.7 Å². The van der Waals surface area contributed by atoms with Gasteiger partial charge in [-0.05, 0) is 37.3 Å². The first-order chi connectivity index (χ1) is 19.3. The van der Waals surface area contributed by atoms with Crippen molar-refractivity contribution in [3.05, 3.63) is 91.5 Å². The van der Waals surface area contributed by atoms with E-state index >= 15 is 0 Å². The summed E-state index contributed by atoms with van der Waals surface area (Å²) in [5, 5.41) is 19.6. The van der Waals surface area contributed by atoms with Crippen LogP contribution >= 0.6 is 0 Å². The molecule has 40 heavy (non-hydrogen) atoms. The van der Waals surface area contributed by atoms with Gasteiger partial charge in [0, 0.05) is 37.7 Å². The molecule has 0 spiro atoms. The van der Waals surface area contributed by atoms with Crippen LogP contribution in [0, 0.1) is 0 Å². The van der Waals surface area contributed by atoms with E-state index in [0.717, 1.165) is 5.56 Å². The lowest BCUT2D eigenvalue weighted by Gasteiger charge is -2.27. The maximum Gasteiger partial charge on any atom is 0.255 e. The van der Waals surface area contributed by atoms with Crippen molar-refractivity contribution >= 4 is 17.6 Å². The Morgan fingerprint density at radius 2 is 1.95 bits per heavy atom. The van der Waals surface area contributed by atoms with Crippen LogP contribution in [0.5, 0.6) is 17.2 Å². The van der Waals surface area contributed by atoms with Crippen LogP contribution < -0.4 is 15.4 Å². The van der Waals surface area contributed by atoms with Gasteiger partial charge < -0.3 is 25.2 Å². The van der Waals surface area contributed by atoms with E-state index in [4.69, 9.17) is 9.47 Å².